The van der Waals surface area contributed by atoms with E-state index in [-0.39, 0.29) is 11.8 Å². The van der Waals surface area contributed by atoms with E-state index < -0.39 is 0 Å². The number of hydrogen-bond donors (Lipinski definition) is 1. The van der Waals surface area contributed by atoms with Gasteiger partial charge >= 0.3 is 0 Å². The summed E-state index contributed by atoms with van der Waals surface area (Å²) in [6, 6.07) is 17.2. The van der Waals surface area contributed by atoms with Gasteiger partial charge in [0.15, 0.2) is 0 Å². The number of amides is 1. The van der Waals surface area contributed by atoms with Gasteiger partial charge in [0.05, 0.1) is 0 Å². The molecule has 1 atom stereocenters. The smallest absolute Gasteiger partial charge is 0.222 e. The molecule has 0 saturated carbocycles. The number of carbonyl (C=O) groups excluding carboxylic acids is 1. The maximum atomic E-state index is 12.2. The summed E-state index contributed by atoms with van der Waals surface area (Å²) in [6.45, 7) is 4.88. The molecule has 1 amide bonds. The highest BCUT2D eigenvalue weighted by Crippen LogP contribution is 2.47. The molecule has 2 nitrogen and oxygen atoms in total. The molecule has 0 radical (unpaired) electrons. The summed E-state index contributed by atoms with van der Waals surface area (Å²) < 4.78 is 0. The second-order valence-corrected chi connectivity index (χ2v) is 6.15. The maximum absolute atomic E-state index is 12.2. The molecule has 2 aromatic carbocycles. The fraction of sp³-hybridized carbons (Fsp3) is 0.350. The standard InChI is InChI=1S/C20H23NO/c1-3-12-21-20(22)14(2)13-19-17-10-6-4-8-15(17)16-9-5-7-11-18(16)19/h4-11,14,19H,3,12-13H2,1-2H3,(H,21,22). The van der Waals surface area contributed by atoms with Crippen molar-refractivity contribution >= 4 is 5.91 Å². The van der Waals surface area contributed by atoms with Crippen LogP contribution in [0.3, 0.4) is 0 Å². The lowest BCUT2D eigenvalue weighted by atomic mass is 9.87. The lowest BCUT2D eigenvalue weighted by Crippen LogP contribution is -2.30. The first-order valence-corrected chi connectivity index (χ1v) is 8.18. The molecule has 0 spiro atoms. The second-order valence-electron chi connectivity index (χ2n) is 6.15. The van der Waals surface area contributed by atoms with Gasteiger partial charge in [-0.05, 0) is 35.1 Å². The van der Waals surface area contributed by atoms with Crippen molar-refractivity contribution in [2.45, 2.75) is 32.6 Å². The van der Waals surface area contributed by atoms with E-state index in [1.54, 1.807) is 0 Å². The average molecular weight is 293 g/mol. The zero-order valence-corrected chi connectivity index (χ0v) is 13.3. The minimum atomic E-state index is 0.0239. The highest BCUT2D eigenvalue weighted by Gasteiger charge is 2.30. The molecule has 0 bridgehead atoms. The van der Waals surface area contributed by atoms with Crippen LogP contribution in [0.1, 0.15) is 43.7 Å². The van der Waals surface area contributed by atoms with E-state index in [4.69, 9.17) is 0 Å². The topological polar surface area (TPSA) is 29.1 Å². The summed E-state index contributed by atoms with van der Waals surface area (Å²) in [6.07, 6.45) is 1.84. The molecule has 0 aliphatic heterocycles. The first-order valence-electron chi connectivity index (χ1n) is 8.18. The second kappa shape index (κ2) is 6.35. The largest absolute Gasteiger partial charge is 0.356 e. The van der Waals surface area contributed by atoms with Crippen molar-refractivity contribution in [3.63, 3.8) is 0 Å². The summed E-state index contributed by atoms with van der Waals surface area (Å²) >= 11 is 0. The molecule has 0 fully saturated rings. The van der Waals surface area contributed by atoms with Crippen LogP contribution in [0, 0.1) is 5.92 Å². The molecule has 0 heterocycles. The zero-order valence-electron chi connectivity index (χ0n) is 13.3. The van der Waals surface area contributed by atoms with Gasteiger partial charge in [-0.15, -0.1) is 0 Å². The number of benzene rings is 2. The fourth-order valence-corrected chi connectivity index (χ4v) is 3.40. The third kappa shape index (κ3) is 2.66. The van der Waals surface area contributed by atoms with E-state index in [1.165, 1.54) is 22.3 Å². The van der Waals surface area contributed by atoms with E-state index in [0.717, 1.165) is 19.4 Å². The molecule has 2 aromatic rings. The highest BCUT2D eigenvalue weighted by atomic mass is 16.1. The Bertz CT molecular complexity index is 631. The first kappa shape index (κ1) is 14.8. The number of hydrogen-bond acceptors (Lipinski definition) is 1. The van der Waals surface area contributed by atoms with Gasteiger partial charge in [-0.3, -0.25) is 4.79 Å². The predicted octanol–water partition coefficient (Wildman–Crippen LogP) is 4.35. The Hall–Kier alpha value is -2.09. The van der Waals surface area contributed by atoms with Crippen LogP contribution in [0.15, 0.2) is 48.5 Å². The van der Waals surface area contributed by atoms with E-state index >= 15 is 0 Å². The molecule has 2 heteroatoms. The minimum absolute atomic E-state index is 0.0239. The van der Waals surface area contributed by atoms with Gasteiger partial charge in [-0.25, -0.2) is 0 Å². The third-order valence-electron chi connectivity index (χ3n) is 4.55. The summed E-state index contributed by atoms with van der Waals surface area (Å²) in [4.78, 5) is 12.2. The maximum Gasteiger partial charge on any atom is 0.222 e. The van der Waals surface area contributed by atoms with Gasteiger partial charge < -0.3 is 5.32 Å². The number of rotatable bonds is 5. The molecule has 0 saturated heterocycles. The molecule has 3 rings (SSSR count). The van der Waals surface area contributed by atoms with Crippen LogP contribution in [0.4, 0.5) is 0 Å². The average Bonchev–Trinajstić information content (AvgIpc) is 2.87. The van der Waals surface area contributed by atoms with Crippen LogP contribution in [0.25, 0.3) is 11.1 Å². The number of fused-ring (bicyclic) bond motifs is 3. The normalized spacial score (nSPS) is 14.3. The molecule has 22 heavy (non-hydrogen) atoms. The minimum Gasteiger partial charge on any atom is -0.356 e. The quantitative estimate of drug-likeness (QED) is 0.872. The van der Waals surface area contributed by atoms with Gasteiger partial charge in [0, 0.05) is 18.4 Å². The molecule has 1 aliphatic carbocycles. The van der Waals surface area contributed by atoms with Crippen LogP contribution in [-0.4, -0.2) is 12.5 Å². The Balaban J connectivity index is 1.86. The first-order chi connectivity index (χ1) is 10.7. The summed E-state index contributed by atoms with van der Waals surface area (Å²) in [7, 11) is 0. The van der Waals surface area contributed by atoms with Crippen LogP contribution in [-0.2, 0) is 4.79 Å². The molecular formula is C20H23NO. The summed E-state index contributed by atoms with van der Waals surface area (Å²) in [5, 5.41) is 3.02. The summed E-state index contributed by atoms with van der Waals surface area (Å²) in [5.41, 5.74) is 5.37. The lowest BCUT2D eigenvalue weighted by molar-refractivity contribution is -0.124. The van der Waals surface area contributed by atoms with Crippen LogP contribution in [0.2, 0.25) is 0 Å². The number of nitrogens with one attached hydrogen (secondary N) is 1. The number of carbonyl (C=O) groups is 1. The van der Waals surface area contributed by atoms with Gasteiger partial charge in [-0.2, -0.15) is 0 Å². The van der Waals surface area contributed by atoms with Gasteiger partial charge in [0.1, 0.15) is 0 Å². The Labute approximate surface area is 132 Å². The van der Waals surface area contributed by atoms with Crippen molar-refractivity contribution < 1.29 is 4.79 Å². The highest BCUT2D eigenvalue weighted by molar-refractivity contribution is 5.81. The van der Waals surface area contributed by atoms with Crippen LogP contribution in [0.5, 0.6) is 0 Å². The van der Waals surface area contributed by atoms with Gasteiger partial charge in [0.2, 0.25) is 5.91 Å². The molecule has 1 N–H and O–H groups in total. The van der Waals surface area contributed by atoms with Crippen molar-refractivity contribution in [2.75, 3.05) is 6.54 Å². The van der Waals surface area contributed by atoms with Crippen LogP contribution < -0.4 is 5.32 Å². The fourth-order valence-electron chi connectivity index (χ4n) is 3.40. The summed E-state index contributed by atoms with van der Waals surface area (Å²) in [5.74, 6) is 0.522. The third-order valence-corrected chi connectivity index (χ3v) is 4.55. The molecule has 1 unspecified atom stereocenters. The molecule has 0 aromatic heterocycles. The van der Waals surface area contributed by atoms with Crippen molar-refractivity contribution in [3.05, 3.63) is 59.7 Å². The lowest BCUT2D eigenvalue weighted by Gasteiger charge is -2.18. The van der Waals surface area contributed by atoms with E-state index in [2.05, 4.69) is 60.8 Å². The van der Waals surface area contributed by atoms with Gasteiger partial charge in [-0.1, -0.05) is 62.4 Å². The van der Waals surface area contributed by atoms with Gasteiger partial charge in [0.25, 0.3) is 0 Å². The SMILES string of the molecule is CCCNC(=O)C(C)CC1c2ccccc2-c2ccccc21. The van der Waals surface area contributed by atoms with Crippen molar-refractivity contribution in [3.8, 4) is 11.1 Å². The van der Waals surface area contributed by atoms with Crippen molar-refractivity contribution in [2.24, 2.45) is 5.92 Å². The molecular weight excluding hydrogens is 270 g/mol. The van der Waals surface area contributed by atoms with Crippen LogP contribution >= 0.6 is 0 Å². The Morgan fingerprint density at radius 2 is 1.59 bits per heavy atom. The van der Waals surface area contributed by atoms with E-state index in [9.17, 15) is 4.79 Å². The molecule has 114 valence electrons. The van der Waals surface area contributed by atoms with E-state index in [1.807, 2.05) is 6.92 Å². The van der Waals surface area contributed by atoms with E-state index in [0.29, 0.717) is 5.92 Å². The monoisotopic (exact) mass is 293 g/mol. The zero-order chi connectivity index (χ0) is 15.5. The van der Waals surface area contributed by atoms with Crippen molar-refractivity contribution in [1.82, 2.24) is 5.32 Å². The predicted molar refractivity (Wildman–Crippen MR) is 90.8 cm³/mol. The Morgan fingerprint density at radius 3 is 2.14 bits per heavy atom. The molecule has 1 aliphatic rings. The Kier molecular flexibility index (Phi) is 4.28. The van der Waals surface area contributed by atoms with Crippen molar-refractivity contribution in [1.29, 1.82) is 0 Å². The Morgan fingerprint density at radius 1 is 1.05 bits per heavy atom.